The van der Waals surface area contributed by atoms with Gasteiger partial charge in [-0.05, 0) is 17.6 Å². The van der Waals surface area contributed by atoms with Crippen LogP contribution in [0.15, 0.2) is 24.1 Å². The van der Waals surface area contributed by atoms with Gasteiger partial charge in [0.2, 0.25) is 0 Å². The smallest absolute Gasteiger partial charge is 0.423 e. The zero-order valence-electron chi connectivity index (χ0n) is 14.0. The molecule has 0 atom stereocenters. The zero-order chi connectivity index (χ0) is 16.9. The number of nitrogens with one attached hydrogen (secondary N) is 1. The normalized spacial score (nSPS) is 18.0. The summed E-state index contributed by atoms with van der Waals surface area (Å²) in [5.74, 6) is 0. The first kappa shape index (κ1) is 17.3. The number of ether oxygens (including phenoxy) is 2. The standard InChI is InChI=1S/C16H25N3O4/c1-16(2,3)12-19(13-4-10-22-11-5-13)15(21)23-14(20)18-8-6-17-7-9-18/h4-5,10,17H,6-9,11-12H2,1-3H3. The Bertz CT molecular complexity index is 502. The van der Waals surface area contributed by atoms with Crippen molar-refractivity contribution >= 4 is 12.2 Å². The van der Waals surface area contributed by atoms with Gasteiger partial charge in [-0.15, -0.1) is 0 Å². The molecule has 0 aromatic rings. The molecular weight excluding hydrogens is 298 g/mol. The van der Waals surface area contributed by atoms with Gasteiger partial charge >= 0.3 is 12.2 Å². The van der Waals surface area contributed by atoms with Crippen LogP contribution in [0.3, 0.4) is 0 Å². The van der Waals surface area contributed by atoms with Crippen molar-refractivity contribution in [2.45, 2.75) is 20.8 Å². The molecular formula is C16H25N3O4. The highest BCUT2D eigenvalue weighted by atomic mass is 16.6. The van der Waals surface area contributed by atoms with Crippen molar-refractivity contribution in [2.24, 2.45) is 5.41 Å². The summed E-state index contributed by atoms with van der Waals surface area (Å²) in [6, 6.07) is 0. The largest absolute Gasteiger partial charge is 0.497 e. The van der Waals surface area contributed by atoms with Crippen molar-refractivity contribution in [1.82, 2.24) is 15.1 Å². The molecule has 2 amide bonds. The highest BCUT2D eigenvalue weighted by molar-refractivity contribution is 5.84. The van der Waals surface area contributed by atoms with Gasteiger partial charge in [-0.25, -0.2) is 9.59 Å². The molecule has 1 N–H and O–H groups in total. The summed E-state index contributed by atoms with van der Waals surface area (Å²) in [4.78, 5) is 27.7. The number of nitrogens with zero attached hydrogens (tertiary/aromatic N) is 2. The lowest BCUT2D eigenvalue weighted by Crippen LogP contribution is -2.48. The summed E-state index contributed by atoms with van der Waals surface area (Å²) in [5.41, 5.74) is 0.550. The van der Waals surface area contributed by atoms with Crippen LogP contribution in [-0.4, -0.2) is 61.3 Å². The van der Waals surface area contributed by atoms with Crippen LogP contribution < -0.4 is 5.32 Å². The maximum Gasteiger partial charge on any atom is 0.423 e. The maximum atomic E-state index is 12.5. The van der Waals surface area contributed by atoms with E-state index in [1.54, 1.807) is 12.2 Å². The van der Waals surface area contributed by atoms with Crippen molar-refractivity contribution in [3.63, 3.8) is 0 Å². The Balaban J connectivity index is 2.04. The van der Waals surface area contributed by atoms with E-state index in [1.165, 1.54) is 16.1 Å². The molecule has 128 valence electrons. The fourth-order valence-corrected chi connectivity index (χ4v) is 2.35. The van der Waals surface area contributed by atoms with Crippen molar-refractivity contribution in [2.75, 3.05) is 39.3 Å². The van der Waals surface area contributed by atoms with Gasteiger partial charge in [-0.1, -0.05) is 20.8 Å². The summed E-state index contributed by atoms with van der Waals surface area (Å²) in [5, 5.41) is 3.15. The molecule has 2 aliphatic heterocycles. The lowest BCUT2D eigenvalue weighted by molar-refractivity contribution is 0.0913. The fraction of sp³-hybridized carbons (Fsp3) is 0.625. The van der Waals surface area contributed by atoms with Crippen molar-refractivity contribution < 1.29 is 19.1 Å². The minimum atomic E-state index is -0.652. The summed E-state index contributed by atoms with van der Waals surface area (Å²) in [6.45, 7) is 9.41. The Labute approximate surface area is 136 Å². The average Bonchev–Trinajstić information content (AvgIpc) is 2.53. The molecule has 0 bridgehead atoms. The molecule has 0 unspecified atom stereocenters. The van der Waals surface area contributed by atoms with E-state index in [-0.39, 0.29) is 5.41 Å². The number of piperazine rings is 1. The van der Waals surface area contributed by atoms with E-state index in [9.17, 15) is 9.59 Å². The van der Waals surface area contributed by atoms with E-state index in [2.05, 4.69) is 5.32 Å². The highest BCUT2D eigenvalue weighted by Crippen LogP contribution is 2.21. The third kappa shape index (κ3) is 5.28. The van der Waals surface area contributed by atoms with E-state index in [4.69, 9.17) is 9.47 Å². The number of carbonyl (C=O) groups excluding carboxylic acids is 2. The van der Waals surface area contributed by atoms with Gasteiger partial charge in [0.1, 0.15) is 6.61 Å². The zero-order valence-corrected chi connectivity index (χ0v) is 14.0. The van der Waals surface area contributed by atoms with Crippen LogP contribution in [0.2, 0.25) is 0 Å². The van der Waals surface area contributed by atoms with Gasteiger partial charge in [-0.3, -0.25) is 4.90 Å². The van der Waals surface area contributed by atoms with Crippen molar-refractivity contribution in [3.05, 3.63) is 24.1 Å². The molecule has 0 saturated carbocycles. The first-order chi connectivity index (χ1) is 10.9. The van der Waals surface area contributed by atoms with Crippen LogP contribution in [0.1, 0.15) is 20.8 Å². The summed E-state index contributed by atoms with van der Waals surface area (Å²) in [7, 11) is 0. The number of hydrogen-bond donors (Lipinski definition) is 1. The molecule has 0 spiro atoms. The Morgan fingerprint density at radius 1 is 1.35 bits per heavy atom. The molecule has 0 aromatic carbocycles. The number of allylic oxidation sites excluding steroid dienone is 1. The Hall–Kier alpha value is -2.02. The second-order valence-electron chi connectivity index (χ2n) is 6.78. The monoisotopic (exact) mass is 323 g/mol. The highest BCUT2D eigenvalue weighted by Gasteiger charge is 2.28. The van der Waals surface area contributed by atoms with Crippen LogP contribution in [0, 0.1) is 5.41 Å². The van der Waals surface area contributed by atoms with Gasteiger partial charge in [0.15, 0.2) is 0 Å². The van der Waals surface area contributed by atoms with Crippen molar-refractivity contribution in [3.8, 4) is 0 Å². The lowest BCUT2D eigenvalue weighted by Gasteiger charge is -2.32. The van der Waals surface area contributed by atoms with E-state index in [0.29, 0.717) is 45.0 Å². The maximum absolute atomic E-state index is 12.5. The predicted octanol–water partition coefficient (Wildman–Crippen LogP) is 1.92. The lowest BCUT2D eigenvalue weighted by atomic mass is 9.96. The summed E-state index contributed by atoms with van der Waals surface area (Å²) < 4.78 is 10.2. The Morgan fingerprint density at radius 2 is 2.04 bits per heavy atom. The molecule has 1 fully saturated rings. The Morgan fingerprint density at radius 3 is 2.61 bits per heavy atom. The van der Waals surface area contributed by atoms with Gasteiger partial charge in [0, 0.05) is 38.4 Å². The van der Waals surface area contributed by atoms with Crippen LogP contribution in [0.5, 0.6) is 0 Å². The first-order valence-electron chi connectivity index (χ1n) is 7.84. The molecule has 2 heterocycles. The van der Waals surface area contributed by atoms with E-state index in [1.807, 2.05) is 20.8 Å². The van der Waals surface area contributed by atoms with Crippen LogP contribution >= 0.6 is 0 Å². The fourth-order valence-electron chi connectivity index (χ4n) is 2.35. The van der Waals surface area contributed by atoms with Gasteiger partial charge < -0.3 is 19.7 Å². The van der Waals surface area contributed by atoms with Crippen molar-refractivity contribution in [1.29, 1.82) is 0 Å². The molecule has 7 nitrogen and oxygen atoms in total. The molecule has 0 aliphatic carbocycles. The molecule has 2 aliphatic rings. The van der Waals surface area contributed by atoms with Crippen LogP contribution in [-0.2, 0) is 9.47 Å². The summed E-state index contributed by atoms with van der Waals surface area (Å²) >= 11 is 0. The second kappa shape index (κ2) is 7.50. The number of amides is 2. The quantitative estimate of drug-likeness (QED) is 0.786. The second-order valence-corrected chi connectivity index (χ2v) is 6.78. The Kier molecular flexibility index (Phi) is 5.65. The molecule has 0 aromatic heterocycles. The molecule has 7 heteroatoms. The average molecular weight is 323 g/mol. The van der Waals surface area contributed by atoms with E-state index in [0.717, 1.165) is 0 Å². The predicted molar refractivity (Wildman–Crippen MR) is 85.7 cm³/mol. The van der Waals surface area contributed by atoms with Gasteiger partial charge in [0.05, 0.1) is 6.26 Å². The SMILES string of the molecule is CC(C)(C)CN(C(=O)OC(=O)N1CCNCC1)C1=CCOC=C1. The molecule has 23 heavy (non-hydrogen) atoms. The minimum absolute atomic E-state index is 0.135. The topological polar surface area (TPSA) is 71.1 Å². The van der Waals surface area contributed by atoms with Crippen LogP contribution in [0.25, 0.3) is 0 Å². The third-order valence-electron chi connectivity index (χ3n) is 3.44. The van der Waals surface area contributed by atoms with Gasteiger partial charge in [-0.2, -0.15) is 0 Å². The van der Waals surface area contributed by atoms with Crippen LogP contribution in [0.4, 0.5) is 9.59 Å². The minimum Gasteiger partial charge on any atom is -0.497 e. The third-order valence-corrected chi connectivity index (χ3v) is 3.44. The van der Waals surface area contributed by atoms with Gasteiger partial charge in [0.25, 0.3) is 0 Å². The van der Waals surface area contributed by atoms with E-state index >= 15 is 0 Å². The first-order valence-corrected chi connectivity index (χ1v) is 7.84. The number of rotatable bonds is 2. The molecule has 1 saturated heterocycles. The number of hydrogen-bond acceptors (Lipinski definition) is 5. The summed E-state index contributed by atoms with van der Waals surface area (Å²) in [6.07, 6.45) is 3.79. The number of carbonyl (C=O) groups is 2. The van der Waals surface area contributed by atoms with E-state index < -0.39 is 12.2 Å². The molecule has 0 radical (unpaired) electrons. The molecule has 2 rings (SSSR count).